The summed E-state index contributed by atoms with van der Waals surface area (Å²) in [6.45, 7) is 8.35. The van der Waals surface area contributed by atoms with E-state index in [-0.39, 0.29) is 5.41 Å². The first kappa shape index (κ1) is 14.0. The van der Waals surface area contributed by atoms with Gasteiger partial charge in [0.15, 0.2) is 0 Å². The Bertz CT molecular complexity index is 191. The highest BCUT2D eigenvalue weighted by Crippen LogP contribution is 2.29. The van der Waals surface area contributed by atoms with Gasteiger partial charge >= 0.3 is 0 Å². The molecular formula is C14H29NO. The van der Waals surface area contributed by atoms with E-state index in [4.69, 9.17) is 10.5 Å². The molecule has 2 nitrogen and oxygen atoms in total. The Kier molecular flexibility index (Phi) is 5.77. The highest BCUT2D eigenvalue weighted by Gasteiger charge is 2.22. The fourth-order valence-electron chi connectivity index (χ4n) is 2.37. The van der Waals surface area contributed by atoms with Crippen molar-refractivity contribution in [2.24, 2.45) is 17.1 Å². The fourth-order valence-corrected chi connectivity index (χ4v) is 2.37. The normalized spacial score (nSPS) is 27.0. The quantitative estimate of drug-likeness (QED) is 0.755. The van der Waals surface area contributed by atoms with Crippen molar-refractivity contribution < 1.29 is 4.74 Å². The molecule has 1 fully saturated rings. The van der Waals surface area contributed by atoms with Crippen LogP contribution in [0.5, 0.6) is 0 Å². The van der Waals surface area contributed by atoms with Gasteiger partial charge in [0, 0.05) is 6.61 Å². The topological polar surface area (TPSA) is 35.2 Å². The highest BCUT2D eigenvalue weighted by molar-refractivity contribution is 4.74. The third-order valence-corrected chi connectivity index (χ3v) is 4.00. The number of hydrogen-bond donors (Lipinski definition) is 1. The van der Waals surface area contributed by atoms with Gasteiger partial charge in [-0.15, -0.1) is 0 Å². The molecule has 0 aromatic rings. The molecule has 0 aliphatic heterocycles. The number of hydrogen-bond acceptors (Lipinski definition) is 2. The molecule has 0 aromatic carbocycles. The lowest BCUT2D eigenvalue weighted by atomic mass is 9.85. The molecule has 1 aliphatic rings. The van der Waals surface area contributed by atoms with Crippen LogP contribution in [0.25, 0.3) is 0 Å². The average molecular weight is 227 g/mol. The molecular weight excluding hydrogens is 198 g/mol. The van der Waals surface area contributed by atoms with Crippen molar-refractivity contribution in [2.45, 2.75) is 65.4 Å². The molecule has 0 heterocycles. The molecule has 0 spiro atoms. The van der Waals surface area contributed by atoms with E-state index < -0.39 is 0 Å². The maximum Gasteiger partial charge on any atom is 0.0577 e. The molecule has 0 amide bonds. The Labute approximate surface area is 101 Å². The Morgan fingerprint density at radius 2 is 2.06 bits per heavy atom. The first-order valence-electron chi connectivity index (χ1n) is 6.89. The van der Waals surface area contributed by atoms with E-state index in [9.17, 15) is 0 Å². The Morgan fingerprint density at radius 3 is 2.69 bits per heavy atom. The second kappa shape index (κ2) is 6.61. The van der Waals surface area contributed by atoms with E-state index in [0.29, 0.717) is 6.10 Å². The van der Waals surface area contributed by atoms with Crippen molar-refractivity contribution in [3.63, 3.8) is 0 Å². The predicted octanol–water partition coefficient (Wildman–Crippen LogP) is 3.35. The molecule has 2 unspecified atom stereocenters. The lowest BCUT2D eigenvalue weighted by Crippen LogP contribution is -2.28. The zero-order valence-electron chi connectivity index (χ0n) is 11.3. The van der Waals surface area contributed by atoms with Gasteiger partial charge in [0.2, 0.25) is 0 Å². The van der Waals surface area contributed by atoms with Crippen LogP contribution in [-0.2, 0) is 4.74 Å². The van der Waals surface area contributed by atoms with Crippen LogP contribution in [0.15, 0.2) is 0 Å². The van der Waals surface area contributed by atoms with Gasteiger partial charge in [0.1, 0.15) is 0 Å². The molecule has 0 bridgehead atoms. The lowest BCUT2D eigenvalue weighted by molar-refractivity contribution is 0.000972. The third-order valence-electron chi connectivity index (χ3n) is 4.00. The summed E-state index contributed by atoms with van der Waals surface area (Å²) in [7, 11) is 0. The van der Waals surface area contributed by atoms with Gasteiger partial charge in [-0.2, -0.15) is 0 Å². The van der Waals surface area contributed by atoms with Crippen molar-refractivity contribution in [1.82, 2.24) is 0 Å². The summed E-state index contributed by atoms with van der Waals surface area (Å²) < 4.78 is 6.00. The minimum atomic E-state index is 0.235. The Hall–Kier alpha value is -0.0800. The number of nitrogens with two attached hydrogens (primary N) is 1. The van der Waals surface area contributed by atoms with E-state index in [1.54, 1.807) is 0 Å². The average Bonchev–Trinajstić information content (AvgIpc) is 2.29. The van der Waals surface area contributed by atoms with Gasteiger partial charge in [0.25, 0.3) is 0 Å². The SMILES string of the molecule is CCC1CCCC(OCCC(C)(C)CN)C1. The summed E-state index contributed by atoms with van der Waals surface area (Å²) >= 11 is 0. The summed E-state index contributed by atoms with van der Waals surface area (Å²) in [6.07, 6.45) is 8.21. The molecule has 2 atom stereocenters. The first-order valence-corrected chi connectivity index (χ1v) is 6.89. The molecule has 1 rings (SSSR count). The second-order valence-corrected chi connectivity index (χ2v) is 6.05. The van der Waals surface area contributed by atoms with E-state index in [0.717, 1.165) is 25.5 Å². The number of ether oxygens (including phenoxy) is 1. The van der Waals surface area contributed by atoms with Crippen molar-refractivity contribution >= 4 is 0 Å². The zero-order chi connectivity index (χ0) is 12.0. The fraction of sp³-hybridized carbons (Fsp3) is 1.00. The summed E-state index contributed by atoms with van der Waals surface area (Å²) in [5.74, 6) is 0.904. The van der Waals surface area contributed by atoms with E-state index in [2.05, 4.69) is 20.8 Å². The van der Waals surface area contributed by atoms with Crippen LogP contribution in [0.2, 0.25) is 0 Å². The molecule has 1 saturated carbocycles. The molecule has 2 heteroatoms. The molecule has 0 aromatic heterocycles. The minimum Gasteiger partial charge on any atom is -0.378 e. The standard InChI is InChI=1S/C14H29NO/c1-4-12-6-5-7-13(10-12)16-9-8-14(2,3)11-15/h12-13H,4-11,15H2,1-3H3. The summed E-state index contributed by atoms with van der Waals surface area (Å²) in [6, 6.07) is 0. The van der Waals surface area contributed by atoms with Gasteiger partial charge < -0.3 is 10.5 Å². The zero-order valence-corrected chi connectivity index (χ0v) is 11.3. The maximum absolute atomic E-state index is 6.00. The van der Waals surface area contributed by atoms with Gasteiger partial charge in [0.05, 0.1) is 6.10 Å². The first-order chi connectivity index (χ1) is 7.57. The lowest BCUT2D eigenvalue weighted by Gasteiger charge is -2.30. The predicted molar refractivity (Wildman–Crippen MR) is 69.4 cm³/mol. The van der Waals surface area contributed by atoms with E-state index in [1.807, 2.05) is 0 Å². The molecule has 16 heavy (non-hydrogen) atoms. The molecule has 2 N–H and O–H groups in total. The minimum absolute atomic E-state index is 0.235. The highest BCUT2D eigenvalue weighted by atomic mass is 16.5. The van der Waals surface area contributed by atoms with Crippen molar-refractivity contribution in [3.8, 4) is 0 Å². The van der Waals surface area contributed by atoms with Crippen LogP contribution in [0, 0.1) is 11.3 Å². The summed E-state index contributed by atoms with van der Waals surface area (Å²) in [5, 5.41) is 0. The molecule has 96 valence electrons. The van der Waals surface area contributed by atoms with Crippen LogP contribution in [0.1, 0.15) is 59.3 Å². The molecule has 0 radical (unpaired) electrons. The van der Waals surface area contributed by atoms with E-state index in [1.165, 1.54) is 32.1 Å². The van der Waals surface area contributed by atoms with Gasteiger partial charge in [-0.3, -0.25) is 0 Å². The van der Waals surface area contributed by atoms with Crippen LogP contribution in [0.3, 0.4) is 0 Å². The van der Waals surface area contributed by atoms with E-state index >= 15 is 0 Å². The van der Waals surface area contributed by atoms with Crippen molar-refractivity contribution in [3.05, 3.63) is 0 Å². The summed E-state index contributed by atoms with van der Waals surface area (Å²) in [5.41, 5.74) is 5.95. The Balaban J connectivity index is 2.17. The monoisotopic (exact) mass is 227 g/mol. The number of rotatable bonds is 6. The smallest absolute Gasteiger partial charge is 0.0577 e. The van der Waals surface area contributed by atoms with Crippen LogP contribution in [-0.4, -0.2) is 19.3 Å². The maximum atomic E-state index is 6.00. The van der Waals surface area contributed by atoms with Crippen LogP contribution >= 0.6 is 0 Å². The van der Waals surface area contributed by atoms with Crippen molar-refractivity contribution in [1.29, 1.82) is 0 Å². The van der Waals surface area contributed by atoms with Gasteiger partial charge in [-0.1, -0.05) is 40.0 Å². The Morgan fingerprint density at radius 1 is 1.31 bits per heavy atom. The second-order valence-electron chi connectivity index (χ2n) is 6.05. The van der Waals surface area contributed by atoms with Gasteiger partial charge in [-0.25, -0.2) is 0 Å². The largest absolute Gasteiger partial charge is 0.378 e. The van der Waals surface area contributed by atoms with Crippen molar-refractivity contribution in [2.75, 3.05) is 13.2 Å². The van der Waals surface area contributed by atoms with Crippen LogP contribution < -0.4 is 5.73 Å². The molecule has 1 aliphatic carbocycles. The summed E-state index contributed by atoms with van der Waals surface area (Å²) in [4.78, 5) is 0. The molecule has 0 saturated heterocycles. The van der Waals surface area contributed by atoms with Crippen LogP contribution in [0.4, 0.5) is 0 Å². The third kappa shape index (κ3) is 4.84. The van der Waals surface area contributed by atoms with Gasteiger partial charge in [-0.05, 0) is 37.1 Å².